The van der Waals surface area contributed by atoms with Gasteiger partial charge in [-0.3, -0.25) is 0 Å². The molecule has 0 aliphatic heterocycles. The Labute approximate surface area is 101 Å². The molecule has 0 aromatic heterocycles. The average Bonchev–Trinajstić information content (AvgIpc) is 2.14. The van der Waals surface area contributed by atoms with Crippen LogP contribution in [0.5, 0.6) is 0 Å². The van der Waals surface area contributed by atoms with Crippen molar-refractivity contribution in [1.29, 1.82) is 0 Å². The highest BCUT2D eigenvalue weighted by atomic mass is 35.5. The van der Waals surface area contributed by atoms with Gasteiger partial charge in [0, 0.05) is 16.0 Å². The summed E-state index contributed by atoms with van der Waals surface area (Å²) in [6.07, 6.45) is -4.31. The van der Waals surface area contributed by atoms with E-state index in [1.54, 1.807) is 24.3 Å². The number of hydrogen-bond donors (Lipinski definition) is 1. The van der Waals surface area contributed by atoms with Gasteiger partial charge in [-0.15, -0.1) is 11.8 Å². The Morgan fingerprint density at radius 3 is 2.12 bits per heavy atom. The summed E-state index contributed by atoms with van der Waals surface area (Å²) in [5.74, 6) is 0. The average molecular weight is 270 g/mol. The molecule has 0 fully saturated rings. The van der Waals surface area contributed by atoms with Crippen molar-refractivity contribution in [1.82, 2.24) is 0 Å². The molecule has 0 bridgehead atoms. The van der Waals surface area contributed by atoms with E-state index in [-0.39, 0.29) is 0 Å². The van der Waals surface area contributed by atoms with Crippen LogP contribution in [0.3, 0.4) is 0 Å². The molecule has 0 heterocycles. The highest BCUT2D eigenvalue weighted by Gasteiger charge is 2.42. The van der Waals surface area contributed by atoms with Crippen molar-refractivity contribution in [3.05, 3.63) is 29.3 Å². The van der Waals surface area contributed by atoms with E-state index in [0.29, 0.717) is 21.7 Å². The molecule has 6 heteroatoms. The van der Waals surface area contributed by atoms with E-state index >= 15 is 0 Å². The quantitative estimate of drug-likeness (QED) is 0.847. The minimum absolute atomic E-state index is 0.494. The van der Waals surface area contributed by atoms with Crippen LogP contribution >= 0.6 is 23.4 Å². The summed E-state index contributed by atoms with van der Waals surface area (Å²) in [4.78, 5) is 0.504. The summed E-state index contributed by atoms with van der Waals surface area (Å²) in [5.41, 5.74) is 5.33. The minimum atomic E-state index is -4.31. The van der Waals surface area contributed by atoms with Gasteiger partial charge in [0.25, 0.3) is 0 Å². The van der Waals surface area contributed by atoms with Gasteiger partial charge in [0.05, 0.1) is 0 Å². The Balaban J connectivity index is 2.80. The molecule has 0 aliphatic carbocycles. The van der Waals surface area contributed by atoms with Crippen LogP contribution < -0.4 is 5.73 Å². The Kier molecular flexibility index (Phi) is 4.52. The van der Waals surface area contributed by atoms with Gasteiger partial charge in [-0.1, -0.05) is 11.6 Å². The summed E-state index contributed by atoms with van der Waals surface area (Å²) in [7, 11) is 0. The molecule has 1 rings (SSSR count). The summed E-state index contributed by atoms with van der Waals surface area (Å²) in [6.45, 7) is 1.35. The van der Waals surface area contributed by atoms with Gasteiger partial charge in [-0.05, 0) is 31.2 Å². The standard InChI is InChI=1S/C10H11ClF3NS/c1-6(15)9(10(12,13)14)16-8-4-2-7(11)3-5-8/h2-6,9H,15H2,1H3. The Bertz CT molecular complexity index is 337. The number of nitrogens with two attached hydrogens (primary N) is 1. The zero-order valence-electron chi connectivity index (χ0n) is 8.46. The fraction of sp³-hybridized carbons (Fsp3) is 0.400. The molecule has 0 radical (unpaired) electrons. The number of hydrogen-bond acceptors (Lipinski definition) is 2. The lowest BCUT2D eigenvalue weighted by atomic mass is 10.2. The van der Waals surface area contributed by atoms with Crippen LogP contribution in [0.4, 0.5) is 13.2 Å². The first-order valence-corrected chi connectivity index (χ1v) is 5.81. The minimum Gasteiger partial charge on any atom is -0.327 e. The second-order valence-corrected chi connectivity index (χ2v) is 5.04. The molecule has 1 aromatic rings. The highest BCUT2D eigenvalue weighted by Crippen LogP contribution is 2.36. The first kappa shape index (κ1) is 13.7. The highest BCUT2D eigenvalue weighted by molar-refractivity contribution is 8.00. The van der Waals surface area contributed by atoms with E-state index < -0.39 is 17.5 Å². The lowest BCUT2D eigenvalue weighted by Gasteiger charge is -2.22. The van der Waals surface area contributed by atoms with Crippen molar-refractivity contribution in [3.63, 3.8) is 0 Å². The molecular formula is C10H11ClF3NS. The van der Waals surface area contributed by atoms with Crippen molar-refractivity contribution in [2.75, 3.05) is 0 Å². The van der Waals surface area contributed by atoms with Crippen molar-refractivity contribution >= 4 is 23.4 Å². The molecule has 16 heavy (non-hydrogen) atoms. The monoisotopic (exact) mass is 269 g/mol. The second-order valence-electron chi connectivity index (χ2n) is 3.39. The maximum Gasteiger partial charge on any atom is 0.402 e. The normalized spacial score (nSPS) is 15.9. The van der Waals surface area contributed by atoms with Crippen LogP contribution in [-0.2, 0) is 0 Å². The SMILES string of the molecule is CC(N)C(Sc1ccc(Cl)cc1)C(F)(F)F. The molecule has 2 N–H and O–H groups in total. The molecule has 90 valence electrons. The largest absolute Gasteiger partial charge is 0.402 e. The van der Waals surface area contributed by atoms with E-state index in [1.165, 1.54) is 6.92 Å². The molecule has 0 spiro atoms. The number of thioether (sulfide) groups is 1. The molecule has 0 amide bonds. The molecule has 2 atom stereocenters. The zero-order valence-corrected chi connectivity index (χ0v) is 10.0. The van der Waals surface area contributed by atoms with Crippen molar-refractivity contribution in [3.8, 4) is 0 Å². The van der Waals surface area contributed by atoms with Crippen LogP contribution in [0.2, 0.25) is 5.02 Å². The first-order valence-electron chi connectivity index (χ1n) is 4.55. The topological polar surface area (TPSA) is 26.0 Å². The Morgan fingerprint density at radius 2 is 1.75 bits per heavy atom. The van der Waals surface area contributed by atoms with Crippen molar-refractivity contribution < 1.29 is 13.2 Å². The van der Waals surface area contributed by atoms with Crippen LogP contribution in [0.1, 0.15) is 6.92 Å². The smallest absolute Gasteiger partial charge is 0.327 e. The van der Waals surface area contributed by atoms with Crippen LogP contribution in [0.15, 0.2) is 29.2 Å². The lowest BCUT2D eigenvalue weighted by Crippen LogP contribution is -2.40. The van der Waals surface area contributed by atoms with Gasteiger partial charge >= 0.3 is 6.18 Å². The second kappa shape index (κ2) is 5.29. The third-order valence-electron chi connectivity index (χ3n) is 1.88. The molecular weight excluding hydrogens is 259 g/mol. The maximum atomic E-state index is 12.6. The molecule has 2 unspecified atom stereocenters. The zero-order chi connectivity index (χ0) is 12.3. The molecule has 0 saturated heterocycles. The van der Waals surface area contributed by atoms with Crippen LogP contribution in [0, 0.1) is 0 Å². The fourth-order valence-electron chi connectivity index (χ4n) is 1.13. The van der Waals surface area contributed by atoms with E-state index in [9.17, 15) is 13.2 Å². The van der Waals surface area contributed by atoms with E-state index in [2.05, 4.69) is 0 Å². The van der Waals surface area contributed by atoms with Gasteiger partial charge < -0.3 is 5.73 Å². The Hall–Kier alpha value is -0.390. The van der Waals surface area contributed by atoms with E-state index in [4.69, 9.17) is 17.3 Å². The van der Waals surface area contributed by atoms with Crippen LogP contribution in [0.25, 0.3) is 0 Å². The Morgan fingerprint density at radius 1 is 1.25 bits per heavy atom. The maximum absolute atomic E-state index is 12.6. The predicted octanol–water partition coefficient (Wildman–Crippen LogP) is 3.71. The number of alkyl halides is 3. The van der Waals surface area contributed by atoms with Gasteiger partial charge in [0.1, 0.15) is 5.25 Å². The van der Waals surface area contributed by atoms with E-state index in [0.717, 1.165) is 0 Å². The van der Waals surface area contributed by atoms with E-state index in [1.807, 2.05) is 0 Å². The molecule has 0 saturated carbocycles. The lowest BCUT2D eigenvalue weighted by molar-refractivity contribution is -0.131. The van der Waals surface area contributed by atoms with Gasteiger partial charge in [0.2, 0.25) is 0 Å². The summed E-state index contributed by atoms with van der Waals surface area (Å²) >= 11 is 6.35. The van der Waals surface area contributed by atoms with Crippen molar-refractivity contribution in [2.24, 2.45) is 5.73 Å². The molecule has 1 aromatic carbocycles. The third-order valence-corrected chi connectivity index (χ3v) is 3.62. The first-order chi connectivity index (χ1) is 7.30. The third kappa shape index (κ3) is 3.88. The van der Waals surface area contributed by atoms with Gasteiger partial charge in [-0.25, -0.2) is 0 Å². The predicted molar refractivity (Wildman–Crippen MR) is 60.8 cm³/mol. The number of halogens is 4. The number of rotatable bonds is 3. The fourth-order valence-corrected chi connectivity index (χ4v) is 2.19. The van der Waals surface area contributed by atoms with Gasteiger partial charge in [0.15, 0.2) is 0 Å². The van der Waals surface area contributed by atoms with Crippen LogP contribution in [-0.4, -0.2) is 17.5 Å². The van der Waals surface area contributed by atoms with Gasteiger partial charge in [-0.2, -0.15) is 13.2 Å². The summed E-state index contributed by atoms with van der Waals surface area (Å²) in [6, 6.07) is 5.25. The number of benzene rings is 1. The molecule has 1 nitrogen and oxygen atoms in total. The molecule has 0 aliphatic rings. The van der Waals surface area contributed by atoms with Crippen molar-refractivity contribution in [2.45, 2.75) is 29.3 Å². The summed E-state index contributed by atoms with van der Waals surface area (Å²) in [5, 5.41) is -1.11. The summed E-state index contributed by atoms with van der Waals surface area (Å²) < 4.78 is 37.8.